The van der Waals surface area contributed by atoms with Crippen LogP contribution in [0, 0.1) is 5.82 Å². The molecular formula is C15H20FNO3. The molecule has 4 nitrogen and oxygen atoms in total. The van der Waals surface area contributed by atoms with Gasteiger partial charge in [-0.3, -0.25) is 4.79 Å². The molecule has 0 aliphatic carbocycles. The Morgan fingerprint density at radius 1 is 1.50 bits per heavy atom. The molecule has 2 rings (SSSR count). The third kappa shape index (κ3) is 3.55. The van der Waals surface area contributed by atoms with E-state index in [9.17, 15) is 14.3 Å². The van der Waals surface area contributed by atoms with Crippen molar-refractivity contribution in [2.75, 3.05) is 19.7 Å². The van der Waals surface area contributed by atoms with E-state index in [4.69, 9.17) is 4.74 Å². The van der Waals surface area contributed by atoms with Gasteiger partial charge in [-0.25, -0.2) is 4.39 Å². The van der Waals surface area contributed by atoms with E-state index in [2.05, 4.69) is 0 Å². The largest absolute Gasteiger partial charge is 0.394 e. The van der Waals surface area contributed by atoms with Crippen molar-refractivity contribution >= 4 is 5.91 Å². The van der Waals surface area contributed by atoms with Gasteiger partial charge in [0.15, 0.2) is 0 Å². The van der Waals surface area contributed by atoms with Crippen LogP contribution in [0.5, 0.6) is 0 Å². The predicted molar refractivity (Wildman–Crippen MR) is 72.7 cm³/mol. The quantitative estimate of drug-likeness (QED) is 0.910. The summed E-state index contributed by atoms with van der Waals surface area (Å²) in [6, 6.07) is 6.28. The van der Waals surface area contributed by atoms with Crippen LogP contribution < -0.4 is 0 Å². The SMILES string of the molecule is CC1(C)CN(C(=O)Cc2ccccc2F)CC(CO)O1. The van der Waals surface area contributed by atoms with Crippen molar-refractivity contribution in [3.63, 3.8) is 0 Å². The average Bonchev–Trinajstić information content (AvgIpc) is 2.39. The minimum Gasteiger partial charge on any atom is -0.394 e. The Bertz CT molecular complexity index is 490. The number of hydrogen-bond donors (Lipinski definition) is 1. The van der Waals surface area contributed by atoms with Gasteiger partial charge in [0.25, 0.3) is 0 Å². The van der Waals surface area contributed by atoms with Crippen molar-refractivity contribution in [1.29, 1.82) is 0 Å². The van der Waals surface area contributed by atoms with Gasteiger partial charge >= 0.3 is 0 Å². The number of aliphatic hydroxyl groups is 1. The number of aliphatic hydroxyl groups excluding tert-OH is 1. The summed E-state index contributed by atoms with van der Waals surface area (Å²) >= 11 is 0. The number of morpholine rings is 1. The molecule has 20 heavy (non-hydrogen) atoms. The van der Waals surface area contributed by atoms with Crippen molar-refractivity contribution in [2.45, 2.75) is 32.0 Å². The Morgan fingerprint density at radius 2 is 2.20 bits per heavy atom. The third-order valence-electron chi connectivity index (χ3n) is 3.34. The fraction of sp³-hybridized carbons (Fsp3) is 0.533. The van der Waals surface area contributed by atoms with Crippen LogP contribution in [0.15, 0.2) is 24.3 Å². The van der Waals surface area contributed by atoms with Crippen LogP contribution in [-0.2, 0) is 16.0 Å². The standard InChI is InChI=1S/C15H20FNO3/c1-15(2)10-17(8-12(9-18)20-15)14(19)7-11-5-3-4-6-13(11)16/h3-6,12,18H,7-10H2,1-2H3. The predicted octanol–water partition coefficient (Wildman–Crippen LogP) is 1.37. The van der Waals surface area contributed by atoms with Gasteiger partial charge in [-0.15, -0.1) is 0 Å². The van der Waals surface area contributed by atoms with Crippen molar-refractivity contribution in [3.05, 3.63) is 35.6 Å². The van der Waals surface area contributed by atoms with E-state index in [1.165, 1.54) is 6.07 Å². The molecule has 5 heteroatoms. The van der Waals surface area contributed by atoms with E-state index in [-0.39, 0.29) is 30.9 Å². The lowest BCUT2D eigenvalue weighted by Crippen LogP contribution is -2.55. The lowest BCUT2D eigenvalue weighted by atomic mass is 10.0. The highest BCUT2D eigenvalue weighted by Gasteiger charge is 2.35. The molecule has 1 amide bonds. The minimum absolute atomic E-state index is 0.0287. The fourth-order valence-corrected chi connectivity index (χ4v) is 2.50. The van der Waals surface area contributed by atoms with E-state index >= 15 is 0 Å². The summed E-state index contributed by atoms with van der Waals surface area (Å²) in [5, 5.41) is 9.23. The maximum atomic E-state index is 13.6. The Morgan fingerprint density at radius 3 is 2.85 bits per heavy atom. The maximum Gasteiger partial charge on any atom is 0.227 e. The van der Waals surface area contributed by atoms with Gasteiger partial charge in [0.2, 0.25) is 5.91 Å². The molecular weight excluding hydrogens is 261 g/mol. The zero-order chi connectivity index (χ0) is 14.8. The van der Waals surface area contributed by atoms with Gasteiger partial charge < -0.3 is 14.7 Å². The molecule has 0 aromatic heterocycles. The van der Waals surface area contributed by atoms with Gasteiger partial charge in [0.05, 0.1) is 24.7 Å². The van der Waals surface area contributed by atoms with Gasteiger partial charge in [0.1, 0.15) is 5.82 Å². The van der Waals surface area contributed by atoms with Gasteiger partial charge in [0, 0.05) is 13.1 Å². The van der Waals surface area contributed by atoms with E-state index < -0.39 is 5.60 Å². The first-order valence-corrected chi connectivity index (χ1v) is 6.71. The van der Waals surface area contributed by atoms with E-state index in [1.54, 1.807) is 23.1 Å². The highest BCUT2D eigenvalue weighted by molar-refractivity contribution is 5.79. The summed E-state index contributed by atoms with van der Waals surface area (Å²) in [4.78, 5) is 13.9. The minimum atomic E-state index is -0.503. The Labute approximate surface area is 118 Å². The van der Waals surface area contributed by atoms with Crippen molar-refractivity contribution in [3.8, 4) is 0 Å². The summed E-state index contributed by atoms with van der Waals surface area (Å²) < 4.78 is 19.2. The van der Waals surface area contributed by atoms with Crippen molar-refractivity contribution in [1.82, 2.24) is 4.90 Å². The van der Waals surface area contributed by atoms with Gasteiger partial charge in [-0.1, -0.05) is 18.2 Å². The lowest BCUT2D eigenvalue weighted by Gasteiger charge is -2.42. The normalized spacial score (nSPS) is 21.8. The second-order valence-corrected chi connectivity index (χ2v) is 5.72. The molecule has 1 aromatic rings. The van der Waals surface area contributed by atoms with Crippen molar-refractivity contribution < 1.29 is 19.0 Å². The van der Waals surface area contributed by atoms with Crippen LogP contribution in [0.2, 0.25) is 0 Å². The number of ether oxygens (including phenoxy) is 1. The number of carbonyl (C=O) groups is 1. The monoisotopic (exact) mass is 281 g/mol. The molecule has 1 saturated heterocycles. The molecule has 1 N–H and O–H groups in total. The summed E-state index contributed by atoms with van der Waals surface area (Å²) in [7, 11) is 0. The Kier molecular flexibility index (Phi) is 4.40. The first-order chi connectivity index (χ1) is 9.41. The van der Waals surface area contributed by atoms with Crippen LogP contribution in [0.1, 0.15) is 19.4 Å². The van der Waals surface area contributed by atoms with Crippen LogP contribution in [0.4, 0.5) is 4.39 Å². The number of benzene rings is 1. The van der Waals surface area contributed by atoms with E-state index in [0.717, 1.165) is 0 Å². The molecule has 110 valence electrons. The molecule has 0 bridgehead atoms. The smallest absolute Gasteiger partial charge is 0.227 e. The molecule has 0 saturated carbocycles. The highest BCUT2D eigenvalue weighted by atomic mass is 19.1. The number of amides is 1. The van der Waals surface area contributed by atoms with Crippen LogP contribution in [0.3, 0.4) is 0 Å². The topological polar surface area (TPSA) is 49.8 Å². The van der Waals surface area contributed by atoms with Gasteiger partial charge in [-0.2, -0.15) is 0 Å². The molecule has 1 aromatic carbocycles. The summed E-state index contributed by atoms with van der Waals surface area (Å²) in [6.07, 6.45) is -0.357. The second-order valence-electron chi connectivity index (χ2n) is 5.72. The summed E-state index contributed by atoms with van der Waals surface area (Å²) in [6.45, 7) is 4.40. The summed E-state index contributed by atoms with van der Waals surface area (Å²) in [5.74, 6) is -0.517. The number of rotatable bonds is 3. The molecule has 1 aliphatic rings. The molecule has 1 fully saturated rings. The molecule has 1 atom stereocenters. The second kappa shape index (κ2) is 5.89. The van der Waals surface area contributed by atoms with Crippen LogP contribution >= 0.6 is 0 Å². The van der Waals surface area contributed by atoms with E-state index in [0.29, 0.717) is 18.7 Å². The molecule has 1 heterocycles. The maximum absolute atomic E-state index is 13.6. The first-order valence-electron chi connectivity index (χ1n) is 6.71. The van der Waals surface area contributed by atoms with Crippen LogP contribution in [0.25, 0.3) is 0 Å². The highest BCUT2D eigenvalue weighted by Crippen LogP contribution is 2.21. The Balaban J connectivity index is 2.07. The Hall–Kier alpha value is -1.46. The summed E-state index contributed by atoms with van der Waals surface area (Å²) in [5.41, 5.74) is -0.112. The number of hydrogen-bond acceptors (Lipinski definition) is 3. The number of nitrogens with zero attached hydrogens (tertiary/aromatic N) is 1. The molecule has 1 aliphatic heterocycles. The third-order valence-corrected chi connectivity index (χ3v) is 3.34. The number of halogens is 1. The average molecular weight is 281 g/mol. The zero-order valence-corrected chi connectivity index (χ0v) is 11.8. The molecule has 1 unspecified atom stereocenters. The fourth-order valence-electron chi connectivity index (χ4n) is 2.50. The van der Waals surface area contributed by atoms with Crippen molar-refractivity contribution in [2.24, 2.45) is 0 Å². The first kappa shape index (κ1) is 14.9. The zero-order valence-electron chi connectivity index (χ0n) is 11.8. The van der Waals surface area contributed by atoms with E-state index in [1.807, 2.05) is 13.8 Å². The lowest BCUT2D eigenvalue weighted by molar-refractivity contribution is -0.166. The molecule has 0 radical (unpaired) electrons. The van der Waals surface area contributed by atoms with Crippen LogP contribution in [-0.4, -0.2) is 47.3 Å². The molecule has 0 spiro atoms. The number of carbonyl (C=O) groups excluding carboxylic acids is 1. The van der Waals surface area contributed by atoms with Gasteiger partial charge in [-0.05, 0) is 25.5 Å².